The number of hydrogen-bond acceptors (Lipinski definition) is 2. The molecule has 0 rings (SSSR count). The van der Waals surface area contributed by atoms with E-state index < -0.39 is 17.4 Å². The average Bonchev–Trinajstić information content (AvgIpc) is 2.86. The van der Waals surface area contributed by atoms with Crippen molar-refractivity contribution < 1.29 is 9.22 Å². The zero-order valence-corrected chi connectivity index (χ0v) is 29.0. The summed E-state index contributed by atoms with van der Waals surface area (Å²) < 4.78 is 7.40. The largest absolute Gasteiger partial charge is 0.435 e. The highest BCUT2D eigenvalue weighted by Crippen LogP contribution is 2.54. The van der Waals surface area contributed by atoms with E-state index in [1.165, 1.54) is 109 Å². The second-order valence-electron chi connectivity index (χ2n) is 13.0. The Morgan fingerprint density at radius 3 is 1.47 bits per heavy atom. The van der Waals surface area contributed by atoms with Crippen molar-refractivity contribution in [1.29, 1.82) is 0 Å². The van der Waals surface area contributed by atoms with E-state index in [0.29, 0.717) is 5.92 Å². The lowest BCUT2D eigenvalue weighted by Crippen LogP contribution is -2.56. The summed E-state index contributed by atoms with van der Waals surface area (Å²) >= 11 is 0. The summed E-state index contributed by atoms with van der Waals surface area (Å²) in [6.45, 7) is 23.5. The molecular formula is C32H70O2Si2. The molecule has 0 saturated heterocycles. The normalized spacial score (nSPS) is 19.8. The lowest BCUT2D eigenvalue weighted by molar-refractivity contribution is 0.0513. The molecule has 0 heterocycles. The van der Waals surface area contributed by atoms with E-state index in [-0.39, 0.29) is 16.2 Å². The Morgan fingerprint density at radius 1 is 0.722 bits per heavy atom. The van der Waals surface area contributed by atoms with E-state index in [2.05, 4.69) is 68.5 Å². The molecule has 0 fully saturated rings. The molecule has 6 unspecified atom stereocenters. The molecule has 36 heavy (non-hydrogen) atoms. The van der Waals surface area contributed by atoms with Crippen LogP contribution in [0.3, 0.4) is 0 Å². The summed E-state index contributed by atoms with van der Waals surface area (Å²) in [5.74, 6) is 0.672. The van der Waals surface area contributed by atoms with Crippen molar-refractivity contribution in [1.82, 2.24) is 0 Å². The monoisotopic (exact) mass is 542 g/mol. The van der Waals surface area contributed by atoms with Gasteiger partial charge in [0.15, 0.2) is 17.4 Å². The van der Waals surface area contributed by atoms with Crippen molar-refractivity contribution in [2.24, 2.45) is 5.92 Å². The predicted molar refractivity (Wildman–Crippen MR) is 169 cm³/mol. The van der Waals surface area contributed by atoms with Crippen molar-refractivity contribution in [2.45, 2.75) is 200 Å². The molecule has 1 N–H and O–H groups in total. The van der Waals surface area contributed by atoms with E-state index >= 15 is 0 Å². The minimum Gasteiger partial charge on any atom is -0.435 e. The summed E-state index contributed by atoms with van der Waals surface area (Å²) in [6.07, 6.45) is 23.2. The van der Waals surface area contributed by atoms with Crippen LogP contribution in [0, 0.1) is 5.92 Å². The first-order chi connectivity index (χ1) is 17.0. The SMILES string of the molecule is CCCCCCCCCCCCCCCC[Si](C)(OC(C)(CC)C(C)[SiH](C)O)C(C)(CC)C(C)CC. The van der Waals surface area contributed by atoms with Crippen LogP contribution in [0.25, 0.3) is 0 Å². The highest BCUT2D eigenvalue weighted by molar-refractivity contribution is 6.75. The molecule has 0 amide bonds. The van der Waals surface area contributed by atoms with Crippen LogP contribution >= 0.6 is 0 Å². The van der Waals surface area contributed by atoms with Gasteiger partial charge in [-0.15, -0.1) is 0 Å². The third-order valence-corrected chi connectivity index (χ3v) is 18.1. The molecule has 6 atom stereocenters. The minimum absolute atomic E-state index is 0.193. The van der Waals surface area contributed by atoms with Crippen molar-refractivity contribution in [3.05, 3.63) is 0 Å². The van der Waals surface area contributed by atoms with Crippen LogP contribution in [0.5, 0.6) is 0 Å². The second kappa shape index (κ2) is 19.4. The topological polar surface area (TPSA) is 29.5 Å². The number of rotatable bonds is 24. The molecule has 218 valence electrons. The molecule has 2 nitrogen and oxygen atoms in total. The van der Waals surface area contributed by atoms with Gasteiger partial charge in [-0.3, -0.25) is 0 Å². The van der Waals surface area contributed by atoms with Crippen LogP contribution in [0.1, 0.15) is 165 Å². The summed E-state index contributed by atoms with van der Waals surface area (Å²) in [6, 6.07) is 1.27. The fraction of sp³-hybridized carbons (Fsp3) is 1.00. The molecule has 0 aliphatic carbocycles. The Kier molecular flexibility index (Phi) is 19.6. The summed E-state index contributed by atoms with van der Waals surface area (Å²) in [7, 11) is -3.80. The third-order valence-electron chi connectivity index (χ3n) is 10.5. The zero-order valence-electron chi connectivity index (χ0n) is 26.8. The maximum atomic E-state index is 10.6. The minimum atomic E-state index is -2.04. The van der Waals surface area contributed by atoms with Gasteiger partial charge in [0.05, 0.1) is 5.60 Å². The summed E-state index contributed by atoms with van der Waals surface area (Å²) in [5.41, 5.74) is 0.0880. The molecule has 0 radical (unpaired) electrons. The van der Waals surface area contributed by atoms with Crippen LogP contribution in [-0.2, 0) is 4.43 Å². The van der Waals surface area contributed by atoms with Gasteiger partial charge in [-0.1, -0.05) is 151 Å². The van der Waals surface area contributed by atoms with Gasteiger partial charge in [0, 0.05) is 0 Å². The van der Waals surface area contributed by atoms with E-state index in [0.717, 1.165) is 6.42 Å². The van der Waals surface area contributed by atoms with Gasteiger partial charge >= 0.3 is 0 Å². The molecule has 0 aliphatic rings. The predicted octanol–water partition coefficient (Wildman–Crippen LogP) is 11.2. The first kappa shape index (κ1) is 36.4. The quantitative estimate of drug-likeness (QED) is 0.0970. The smallest absolute Gasteiger partial charge is 0.196 e. The van der Waals surface area contributed by atoms with E-state index in [1.807, 2.05) is 0 Å². The molecule has 4 heteroatoms. The Balaban J connectivity index is 4.77. The van der Waals surface area contributed by atoms with Gasteiger partial charge in [0.25, 0.3) is 0 Å². The van der Waals surface area contributed by atoms with Crippen molar-refractivity contribution >= 4 is 17.4 Å². The van der Waals surface area contributed by atoms with Crippen LogP contribution < -0.4 is 0 Å². The van der Waals surface area contributed by atoms with Gasteiger partial charge in [-0.25, -0.2) is 0 Å². The maximum absolute atomic E-state index is 10.6. The lowest BCUT2D eigenvalue weighted by Gasteiger charge is -2.53. The van der Waals surface area contributed by atoms with Crippen LogP contribution in [-0.4, -0.2) is 27.8 Å². The lowest BCUT2D eigenvalue weighted by atomic mass is 9.90. The van der Waals surface area contributed by atoms with Gasteiger partial charge in [-0.05, 0) is 49.0 Å². The molecule has 0 spiro atoms. The van der Waals surface area contributed by atoms with E-state index in [9.17, 15) is 4.80 Å². The van der Waals surface area contributed by atoms with Crippen molar-refractivity contribution in [3.8, 4) is 0 Å². The van der Waals surface area contributed by atoms with Gasteiger partial charge in [-0.2, -0.15) is 0 Å². The zero-order chi connectivity index (χ0) is 27.7. The fourth-order valence-electron chi connectivity index (χ4n) is 6.32. The molecule has 0 aromatic carbocycles. The molecule has 0 aromatic heterocycles. The molecule has 0 saturated carbocycles. The number of hydrogen-bond donors (Lipinski definition) is 1. The molecule has 0 aromatic rings. The maximum Gasteiger partial charge on any atom is 0.196 e. The standard InChI is InChI=1S/C32H70O2Si2/c1-11-15-16-17-18-19-20-21-22-23-24-25-26-27-28-36(10,32(8,14-4)29(5)12-2)34-31(7,13-3)30(6)35(9)33/h29-30,33,35H,11-28H2,1-10H3. The van der Waals surface area contributed by atoms with Crippen molar-refractivity contribution in [2.75, 3.05) is 0 Å². The van der Waals surface area contributed by atoms with Crippen LogP contribution in [0.2, 0.25) is 29.7 Å². The molecule has 0 aliphatic heterocycles. The first-order valence-electron chi connectivity index (χ1n) is 16.4. The number of unbranched alkanes of at least 4 members (excludes halogenated alkanes) is 13. The summed E-state index contributed by atoms with van der Waals surface area (Å²) in [4.78, 5) is 10.6. The first-order valence-corrected chi connectivity index (χ1v) is 21.3. The van der Waals surface area contributed by atoms with Crippen LogP contribution in [0.15, 0.2) is 0 Å². The van der Waals surface area contributed by atoms with Crippen LogP contribution in [0.4, 0.5) is 0 Å². The molecule has 0 bridgehead atoms. The fourth-order valence-corrected chi connectivity index (χ4v) is 13.0. The van der Waals surface area contributed by atoms with Crippen molar-refractivity contribution in [3.63, 3.8) is 0 Å². The Bertz CT molecular complexity index is 528. The highest BCUT2D eigenvalue weighted by Gasteiger charge is 2.53. The van der Waals surface area contributed by atoms with Gasteiger partial charge in [0.2, 0.25) is 0 Å². The third kappa shape index (κ3) is 12.0. The second-order valence-corrected chi connectivity index (χ2v) is 19.7. The average molecular weight is 543 g/mol. The Labute approximate surface area is 232 Å². The van der Waals surface area contributed by atoms with E-state index in [4.69, 9.17) is 4.43 Å². The van der Waals surface area contributed by atoms with Gasteiger partial charge < -0.3 is 9.22 Å². The Hall–Kier alpha value is 0.354. The molecular weight excluding hydrogens is 473 g/mol. The summed E-state index contributed by atoms with van der Waals surface area (Å²) in [5, 5.41) is 0.273. The van der Waals surface area contributed by atoms with E-state index in [1.54, 1.807) is 0 Å². The highest BCUT2D eigenvalue weighted by atomic mass is 28.4. The van der Waals surface area contributed by atoms with Gasteiger partial charge in [0.1, 0.15) is 0 Å². The Morgan fingerprint density at radius 2 is 1.14 bits per heavy atom.